The van der Waals surface area contributed by atoms with Crippen molar-refractivity contribution in [2.75, 3.05) is 6.54 Å². The number of carbonyl (C=O) groups excluding carboxylic acids is 1. The summed E-state index contributed by atoms with van der Waals surface area (Å²) in [7, 11) is 0. The van der Waals surface area contributed by atoms with Gasteiger partial charge in [-0.05, 0) is 41.6 Å². The standard InChI is InChI=1S/C24H22N2O/c1-2-26(24(27)21-14-13-18-15-16-25-22(18)17-21)23(19-9-5-3-6-10-19)20-11-7-4-8-12-20/h3-17,23,25H,2H2,1H3. The minimum absolute atomic E-state index is 0.0340. The van der Waals surface area contributed by atoms with Gasteiger partial charge >= 0.3 is 0 Å². The Kier molecular flexibility index (Phi) is 4.75. The number of H-pyrrole nitrogens is 1. The molecule has 27 heavy (non-hydrogen) atoms. The molecule has 0 aliphatic rings. The second-order valence-corrected chi connectivity index (χ2v) is 6.59. The van der Waals surface area contributed by atoms with Gasteiger partial charge in [-0.2, -0.15) is 0 Å². The van der Waals surface area contributed by atoms with Crippen LogP contribution in [0.15, 0.2) is 91.1 Å². The van der Waals surface area contributed by atoms with Gasteiger partial charge in [0.15, 0.2) is 0 Å². The summed E-state index contributed by atoms with van der Waals surface area (Å²) in [5.41, 5.74) is 3.90. The maximum Gasteiger partial charge on any atom is 0.254 e. The maximum absolute atomic E-state index is 13.4. The van der Waals surface area contributed by atoms with Crippen LogP contribution in [0.25, 0.3) is 10.9 Å². The third-order valence-corrected chi connectivity index (χ3v) is 4.95. The van der Waals surface area contributed by atoms with Crippen LogP contribution < -0.4 is 0 Å². The van der Waals surface area contributed by atoms with E-state index in [9.17, 15) is 4.79 Å². The summed E-state index contributed by atoms with van der Waals surface area (Å²) in [5.74, 6) is 0.0340. The van der Waals surface area contributed by atoms with E-state index in [0.717, 1.165) is 22.0 Å². The van der Waals surface area contributed by atoms with Crippen LogP contribution >= 0.6 is 0 Å². The van der Waals surface area contributed by atoms with Crippen LogP contribution in [0.4, 0.5) is 0 Å². The number of benzene rings is 3. The van der Waals surface area contributed by atoms with E-state index in [0.29, 0.717) is 12.1 Å². The molecule has 4 aromatic rings. The summed E-state index contributed by atoms with van der Waals surface area (Å²) in [5, 5.41) is 1.11. The lowest BCUT2D eigenvalue weighted by Crippen LogP contribution is -2.35. The highest BCUT2D eigenvalue weighted by Crippen LogP contribution is 2.30. The third-order valence-electron chi connectivity index (χ3n) is 4.95. The number of nitrogens with zero attached hydrogens (tertiary/aromatic N) is 1. The lowest BCUT2D eigenvalue weighted by Gasteiger charge is -2.32. The van der Waals surface area contributed by atoms with Crippen LogP contribution in [0.2, 0.25) is 0 Å². The molecule has 0 spiro atoms. The fourth-order valence-electron chi connectivity index (χ4n) is 3.61. The highest BCUT2D eigenvalue weighted by Gasteiger charge is 2.26. The van der Waals surface area contributed by atoms with E-state index in [-0.39, 0.29) is 11.9 Å². The van der Waals surface area contributed by atoms with Gasteiger partial charge in [-0.3, -0.25) is 4.79 Å². The van der Waals surface area contributed by atoms with Crippen molar-refractivity contribution in [3.63, 3.8) is 0 Å². The van der Waals surface area contributed by atoms with E-state index >= 15 is 0 Å². The van der Waals surface area contributed by atoms with E-state index < -0.39 is 0 Å². The number of fused-ring (bicyclic) bond motifs is 1. The quantitative estimate of drug-likeness (QED) is 0.510. The molecule has 0 aliphatic heterocycles. The number of aromatic amines is 1. The summed E-state index contributed by atoms with van der Waals surface area (Å²) < 4.78 is 0. The second-order valence-electron chi connectivity index (χ2n) is 6.59. The predicted molar refractivity (Wildman–Crippen MR) is 110 cm³/mol. The summed E-state index contributed by atoms with van der Waals surface area (Å²) in [6, 6.07) is 28.2. The van der Waals surface area contributed by atoms with Gasteiger partial charge in [-0.15, -0.1) is 0 Å². The molecule has 134 valence electrons. The average Bonchev–Trinajstić information content (AvgIpc) is 3.20. The molecular weight excluding hydrogens is 332 g/mol. The Morgan fingerprint density at radius 3 is 2.11 bits per heavy atom. The van der Waals surface area contributed by atoms with Gasteiger partial charge < -0.3 is 9.88 Å². The first-order valence-corrected chi connectivity index (χ1v) is 9.26. The number of amides is 1. The normalized spacial score (nSPS) is 11.0. The molecule has 1 aromatic heterocycles. The van der Waals surface area contributed by atoms with E-state index in [1.165, 1.54) is 0 Å². The number of aromatic nitrogens is 1. The zero-order valence-electron chi connectivity index (χ0n) is 15.3. The molecule has 1 amide bonds. The number of carbonyl (C=O) groups is 1. The molecule has 4 rings (SSSR count). The Bertz CT molecular complexity index is 998. The minimum atomic E-state index is -0.121. The van der Waals surface area contributed by atoms with E-state index in [1.807, 2.05) is 78.7 Å². The zero-order chi connectivity index (χ0) is 18.6. The van der Waals surface area contributed by atoms with Crippen LogP contribution in [0.5, 0.6) is 0 Å². The van der Waals surface area contributed by atoms with Crippen molar-refractivity contribution in [3.05, 3.63) is 108 Å². The van der Waals surface area contributed by atoms with Crippen LogP contribution in [-0.2, 0) is 0 Å². The summed E-state index contributed by atoms with van der Waals surface area (Å²) in [6.45, 7) is 2.65. The fourth-order valence-corrected chi connectivity index (χ4v) is 3.61. The number of hydrogen-bond acceptors (Lipinski definition) is 1. The van der Waals surface area contributed by atoms with Gasteiger partial charge in [0, 0.05) is 23.8 Å². The van der Waals surface area contributed by atoms with Crippen LogP contribution in [0, 0.1) is 0 Å². The molecule has 0 aliphatic carbocycles. The van der Waals surface area contributed by atoms with Crippen LogP contribution in [0.1, 0.15) is 34.5 Å². The predicted octanol–water partition coefficient (Wildman–Crippen LogP) is 5.42. The smallest absolute Gasteiger partial charge is 0.254 e. The molecule has 0 saturated heterocycles. The van der Waals surface area contributed by atoms with Gasteiger partial charge in [0.2, 0.25) is 0 Å². The Hall–Kier alpha value is -3.33. The first-order chi connectivity index (χ1) is 13.3. The SMILES string of the molecule is CCN(C(=O)c1ccc2cc[nH]c2c1)C(c1ccccc1)c1ccccc1. The van der Waals surface area contributed by atoms with Crippen LogP contribution in [0.3, 0.4) is 0 Å². The molecule has 1 N–H and O–H groups in total. The second kappa shape index (κ2) is 7.50. The first kappa shape index (κ1) is 17.1. The van der Waals surface area contributed by atoms with Gasteiger partial charge in [-0.25, -0.2) is 0 Å². The lowest BCUT2D eigenvalue weighted by atomic mass is 9.96. The van der Waals surface area contributed by atoms with Gasteiger partial charge in [0.1, 0.15) is 0 Å². The molecule has 0 bridgehead atoms. The fraction of sp³-hybridized carbons (Fsp3) is 0.125. The van der Waals surface area contributed by atoms with Gasteiger partial charge in [-0.1, -0.05) is 66.7 Å². The average molecular weight is 354 g/mol. The highest BCUT2D eigenvalue weighted by molar-refractivity contribution is 5.98. The highest BCUT2D eigenvalue weighted by atomic mass is 16.2. The lowest BCUT2D eigenvalue weighted by molar-refractivity contribution is 0.0717. The minimum Gasteiger partial charge on any atom is -0.361 e. The molecule has 0 radical (unpaired) electrons. The van der Waals surface area contributed by atoms with Crippen molar-refractivity contribution in [2.45, 2.75) is 13.0 Å². The number of nitrogens with one attached hydrogen (secondary N) is 1. The van der Waals surface area contributed by atoms with E-state index in [1.54, 1.807) is 0 Å². The molecule has 0 saturated carbocycles. The van der Waals surface area contributed by atoms with Crippen molar-refractivity contribution >= 4 is 16.8 Å². The summed E-state index contributed by atoms with van der Waals surface area (Å²) >= 11 is 0. The molecule has 0 unspecified atom stereocenters. The molecule has 0 atom stereocenters. The Morgan fingerprint density at radius 2 is 1.52 bits per heavy atom. The maximum atomic E-state index is 13.4. The van der Waals surface area contributed by atoms with Crippen LogP contribution in [-0.4, -0.2) is 22.3 Å². The molecule has 3 aromatic carbocycles. The van der Waals surface area contributed by atoms with Crippen molar-refractivity contribution in [3.8, 4) is 0 Å². The number of hydrogen-bond donors (Lipinski definition) is 1. The Balaban J connectivity index is 1.77. The zero-order valence-corrected chi connectivity index (χ0v) is 15.3. The monoisotopic (exact) mass is 354 g/mol. The van der Waals surface area contributed by atoms with Gasteiger partial charge in [0.25, 0.3) is 5.91 Å². The molecular formula is C24H22N2O. The topological polar surface area (TPSA) is 36.1 Å². The first-order valence-electron chi connectivity index (χ1n) is 9.26. The third kappa shape index (κ3) is 3.36. The Labute approximate surface area is 159 Å². The molecule has 1 heterocycles. The number of rotatable bonds is 5. The Morgan fingerprint density at radius 1 is 0.889 bits per heavy atom. The van der Waals surface area contributed by atoms with Gasteiger partial charge in [0.05, 0.1) is 6.04 Å². The van der Waals surface area contributed by atoms with Crippen molar-refractivity contribution < 1.29 is 4.79 Å². The molecule has 3 nitrogen and oxygen atoms in total. The largest absolute Gasteiger partial charge is 0.361 e. The van der Waals surface area contributed by atoms with E-state index in [2.05, 4.69) is 29.2 Å². The van der Waals surface area contributed by atoms with E-state index in [4.69, 9.17) is 0 Å². The van der Waals surface area contributed by atoms with Crippen molar-refractivity contribution in [2.24, 2.45) is 0 Å². The molecule has 3 heteroatoms. The summed E-state index contributed by atoms with van der Waals surface area (Å²) in [4.78, 5) is 18.6. The molecule has 0 fully saturated rings. The summed E-state index contributed by atoms with van der Waals surface area (Å²) in [6.07, 6.45) is 1.90. The van der Waals surface area contributed by atoms with Crippen molar-refractivity contribution in [1.29, 1.82) is 0 Å². The van der Waals surface area contributed by atoms with Crippen molar-refractivity contribution in [1.82, 2.24) is 9.88 Å².